The van der Waals surface area contributed by atoms with Gasteiger partial charge in [-0.25, -0.2) is 4.39 Å². The van der Waals surface area contributed by atoms with Crippen LogP contribution in [0.3, 0.4) is 0 Å². The highest BCUT2D eigenvalue weighted by Gasteiger charge is 2.28. The summed E-state index contributed by atoms with van der Waals surface area (Å²) in [5, 5.41) is 4.85. The van der Waals surface area contributed by atoms with E-state index in [9.17, 15) is 28.0 Å². The van der Waals surface area contributed by atoms with E-state index in [4.69, 9.17) is 0 Å². The van der Waals surface area contributed by atoms with Crippen LogP contribution in [-0.4, -0.2) is 27.1 Å². The number of halogens is 2. The molecule has 0 unspecified atom stereocenters. The second-order valence-electron chi connectivity index (χ2n) is 7.28. The van der Waals surface area contributed by atoms with E-state index < -0.39 is 34.9 Å². The van der Waals surface area contributed by atoms with Crippen molar-refractivity contribution in [1.82, 2.24) is 9.55 Å². The number of aromatic amines is 1. The number of H-pyrrole nitrogens is 1. The van der Waals surface area contributed by atoms with Crippen LogP contribution < -0.4 is 16.2 Å². The average molecular weight is 442 g/mol. The zero-order valence-corrected chi connectivity index (χ0v) is 17.7. The first-order valence-electron chi connectivity index (χ1n) is 9.48. The summed E-state index contributed by atoms with van der Waals surface area (Å²) in [5.74, 6) is -3.97. The summed E-state index contributed by atoms with van der Waals surface area (Å²) in [6.45, 7) is 4.69. The molecule has 1 aromatic carbocycles. The molecule has 3 aromatic rings. The molecular formula is C22H20F2N4O4. The van der Waals surface area contributed by atoms with Gasteiger partial charge in [0.25, 0.3) is 23.2 Å². The van der Waals surface area contributed by atoms with Gasteiger partial charge in [-0.1, -0.05) is 0 Å². The molecule has 0 aliphatic carbocycles. The second kappa shape index (κ2) is 8.58. The topological polar surface area (TPSA) is 113 Å². The van der Waals surface area contributed by atoms with Gasteiger partial charge in [-0.15, -0.1) is 0 Å². The minimum absolute atomic E-state index is 0.0363. The number of pyridine rings is 1. The number of carbonyl (C=O) groups is 3. The number of nitrogens with zero attached hydrogens (tertiary/aromatic N) is 1. The van der Waals surface area contributed by atoms with Gasteiger partial charge in [0.2, 0.25) is 0 Å². The normalized spacial score (nSPS) is 10.7. The van der Waals surface area contributed by atoms with Crippen molar-refractivity contribution in [3.05, 3.63) is 80.5 Å². The Balaban J connectivity index is 1.89. The molecule has 0 spiro atoms. The van der Waals surface area contributed by atoms with E-state index in [1.54, 1.807) is 13.8 Å². The molecule has 2 amide bonds. The summed E-state index contributed by atoms with van der Waals surface area (Å²) in [7, 11) is 1.52. The van der Waals surface area contributed by atoms with Crippen LogP contribution in [0.25, 0.3) is 0 Å². The Morgan fingerprint density at radius 2 is 1.66 bits per heavy atom. The highest BCUT2D eigenvalue weighted by Crippen LogP contribution is 2.24. The number of amides is 2. The van der Waals surface area contributed by atoms with E-state index in [0.29, 0.717) is 16.9 Å². The van der Waals surface area contributed by atoms with Crippen molar-refractivity contribution in [2.45, 2.75) is 20.8 Å². The first kappa shape index (κ1) is 22.6. The fraction of sp³-hybridized carbons (Fsp3) is 0.182. The Morgan fingerprint density at radius 3 is 2.28 bits per heavy atom. The molecule has 8 nitrogen and oxygen atoms in total. The summed E-state index contributed by atoms with van der Waals surface area (Å²) in [6.07, 6.45) is 0. The zero-order chi connectivity index (χ0) is 23.7. The Kier molecular flexibility index (Phi) is 6.06. The van der Waals surface area contributed by atoms with Gasteiger partial charge in [-0.3, -0.25) is 24.2 Å². The van der Waals surface area contributed by atoms with Crippen LogP contribution in [0.15, 0.2) is 35.1 Å². The summed E-state index contributed by atoms with van der Waals surface area (Å²) >= 11 is 0. The number of hydrogen-bond acceptors (Lipinski definition) is 4. The lowest BCUT2D eigenvalue weighted by Crippen LogP contribution is -2.26. The molecule has 32 heavy (non-hydrogen) atoms. The smallest absolute Gasteiger partial charge is 0.298 e. The number of rotatable bonds is 5. The Morgan fingerprint density at radius 1 is 0.969 bits per heavy atom. The van der Waals surface area contributed by atoms with Crippen molar-refractivity contribution in [2.75, 3.05) is 10.6 Å². The Labute approximate surface area is 181 Å². The third-order valence-electron chi connectivity index (χ3n) is 5.06. The number of aromatic nitrogens is 2. The third-order valence-corrected chi connectivity index (χ3v) is 5.06. The van der Waals surface area contributed by atoms with Gasteiger partial charge in [-0.2, -0.15) is 4.39 Å². The molecule has 2 heterocycles. The van der Waals surface area contributed by atoms with Gasteiger partial charge in [0, 0.05) is 30.6 Å². The molecule has 0 saturated heterocycles. The number of Topliss-reactive ketones (excluding diaryl/α,β-unsaturated/α-hetero) is 1. The SMILES string of the molecule is Cc1cc(NC(=O)c2c(C)c(C(=O)C(=O)Nc3cc(F)[nH]c(=O)c3)n(C)c2C)ccc1F. The van der Waals surface area contributed by atoms with Crippen molar-refractivity contribution in [3.8, 4) is 0 Å². The lowest BCUT2D eigenvalue weighted by molar-refractivity contribution is -0.112. The molecule has 0 aliphatic heterocycles. The molecule has 0 saturated carbocycles. The Bertz CT molecular complexity index is 1320. The predicted molar refractivity (Wildman–Crippen MR) is 114 cm³/mol. The van der Waals surface area contributed by atoms with Crippen LogP contribution in [0, 0.1) is 32.5 Å². The minimum Gasteiger partial charge on any atom is -0.344 e. The van der Waals surface area contributed by atoms with Crippen LogP contribution in [0.5, 0.6) is 0 Å². The van der Waals surface area contributed by atoms with Gasteiger partial charge in [-0.05, 0) is 50.1 Å². The molecule has 3 N–H and O–H groups in total. The third kappa shape index (κ3) is 4.34. The van der Waals surface area contributed by atoms with E-state index in [1.807, 2.05) is 4.98 Å². The monoisotopic (exact) mass is 442 g/mol. The van der Waals surface area contributed by atoms with E-state index >= 15 is 0 Å². The number of benzene rings is 1. The second-order valence-corrected chi connectivity index (χ2v) is 7.28. The van der Waals surface area contributed by atoms with Crippen LogP contribution in [0.1, 0.15) is 37.7 Å². The van der Waals surface area contributed by atoms with E-state index in [-0.39, 0.29) is 22.5 Å². The lowest BCUT2D eigenvalue weighted by Gasteiger charge is -2.08. The van der Waals surface area contributed by atoms with Gasteiger partial charge < -0.3 is 15.2 Å². The van der Waals surface area contributed by atoms with Crippen LogP contribution in [0.4, 0.5) is 20.2 Å². The molecule has 0 aliphatic rings. The quantitative estimate of drug-likeness (QED) is 0.320. The van der Waals surface area contributed by atoms with Crippen LogP contribution >= 0.6 is 0 Å². The van der Waals surface area contributed by atoms with Crippen molar-refractivity contribution in [3.63, 3.8) is 0 Å². The standard InChI is InChI=1S/C22H20F2N4O4/c1-10-7-13(5-6-15(10)23)25-21(31)18-11(2)19(28(4)12(18)3)20(30)22(32)26-14-8-16(24)27-17(29)9-14/h5-9H,1-4H3,(H,25,31)(H2,26,27,29,32). The molecule has 10 heteroatoms. The van der Waals surface area contributed by atoms with Crippen molar-refractivity contribution in [2.24, 2.45) is 7.05 Å². The maximum absolute atomic E-state index is 13.5. The van der Waals surface area contributed by atoms with Gasteiger partial charge in [0.05, 0.1) is 16.9 Å². The van der Waals surface area contributed by atoms with E-state index in [2.05, 4.69) is 10.6 Å². The molecule has 0 radical (unpaired) electrons. The van der Waals surface area contributed by atoms with Gasteiger partial charge >= 0.3 is 0 Å². The molecule has 3 rings (SSSR count). The van der Waals surface area contributed by atoms with Crippen molar-refractivity contribution < 1.29 is 23.2 Å². The number of aryl methyl sites for hydroxylation is 1. The molecule has 2 aromatic heterocycles. The molecule has 0 bridgehead atoms. The largest absolute Gasteiger partial charge is 0.344 e. The molecule has 0 atom stereocenters. The maximum Gasteiger partial charge on any atom is 0.298 e. The summed E-state index contributed by atoms with van der Waals surface area (Å²) < 4.78 is 28.2. The van der Waals surface area contributed by atoms with E-state index in [0.717, 1.165) is 12.1 Å². The van der Waals surface area contributed by atoms with Crippen LogP contribution in [0.2, 0.25) is 0 Å². The fourth-order valence-corrected chi connectivity index (χ4v) is 3.43. The first-order valence-corrected chi connectivity index (χ1v) is 9.48. The Hall–Kier alpha value is -4.08. The molecule has 166 valence electrons. The van der Waals surface area contributed by atoms with E-state index in [1.165, 1.54) is 36.7 Å². The number of carbonyl (C=O) groups excluding carboxylic acids is 3. The molecule has 0 fully saturated rings. The van der Waals surface area contributed by atoms with Crippen molar-refractivity contribution >= 4 is 29.0 Å². The number of ketones is 1. The number of hydrogen-bond donors (Lipinski definition) is 3. The van der Waals surface area contributed by atoms with Crippen LogP contribution in [-0.2, 0) is 11.8 Å². The summed E-state index contributed by atoms with van der Waals surface area (Å²) in [5.41, 5.74) is 0.604. The minimum atomic E-state index is -1.10. The summed E-state index contributed by atoms with van der Waals surface area (Å²) in [6, 6.07) is 5.90. The first-order chi connectivity index (χ1) is 15.0. The highest BCUT2D eigenvalue weighted by molar-refractivity contribution is 6.46. The lowest BCUT2D eigenvalue weighted by atomic mass is 10.1. The fourth-order valence-electron chi connectivity index (χ4n) is 3.43. The van der Waals surface area contributed by atoms with Gasteiger partial charge in [0.1, 0.15) is 5.82 Å². The predicted octanol–water partition coefficient (Wildman–Crippen LogP) is 2.99. The van der Waals surface area contributed by atoms with Crippen molar-refractivity contribution in [1.29, 1.82) is 0 Å². The summed E-state index contributed by atoms with van der Waals surface area (Å²) in [4.78, 5) is 51.4. The number of anilines is 2. The highest BCUT2D eigenvalue weighted by atomic mass is 19.1. The molecular weight excluding hydrogens is 422 g/mol. The number of nitrogens with one attached hydrogen (secondary N) is 3. The zero-order valence-electron chi connectivity index (χ0n) is 17.7. The average Bonchev–Trinajstić information content (AvgIpc) is 2.92. The van der Waals surface area contributed by atoms with Gasteiger partial charge in [0.15, 0.2) is 5.95 Å². The maximum atomic E-state index is 13.5.